The van der Waals surface area contributed by atoms with Crippen molar-refractivity contribution < 1.29 is 5.11 Å². The van der Waals surface area contributed by atoms with E-state index in [2.05, 4.69) is 9.88 Å². The normalized spacial score (nSPS) is 12.3. The summed E-state index contributed by atoms with van der Waals surface area (Å²) in [5.74, 6) is 0. The first kappa shape index (κ1) is 17.2. The summed E-state index contributed by atoms with van der Waals surface area (Å²) in [5.41, 5.74) is 3.25. The van der Waals surface area contributed by atoms with Crippen LogP contribution in [0.3, 0.4) is 0 Å². The lowest BCUT2D eigenvalue weighted by molar-refractivity contribution is 0.175. The molecule has 1 atom stereocenters. The van der Waals surface area contributed by atoms with E-state index in [4.69, 9.17) is 0 Å². The molecular weight excluding hydrogens is 314 g/mol. The summed E-state index contributed by atoms with van der Waals surface area (Å²) < 4.78 is 1.56. The van der Waals surface area contributed by atoms with Crippen LogP contribution >= 0.6 is 0 Å². The molecule has 0 aliphatic heterocycles. The van der Waals surface area contributed by atoms with Crippen molar-refractivity contribution in [1.29, 1.82) is 0 Å². The van der Waals surface area contributed by atoms with E-state index in [1.54, 1.807) is 16.7 Å². The van der Waals surface area contributed by atoms with Crippen molar-refractivity contribution in [2.75, 3.05) is 11.4 Å². The van der Waals surface area contributed by atoms with Gasteiger partial charge in [0.25, 0.3) is 5.56 Å². The van der Waals surface area contributed by atoms with Gasteiger partial charge in [0, 0.05) is 24.5 Å². The zero-order valence-corrected chi connectivity index (χ0v) is 14.6. The maximum Gasteiger partial charge on any atom is 0.258 e. The molecule has 0 saturated carbocycles. The Labute approximate surface area is 147 Å². The van der Waals surface area contributed by atoms with Crippen LogP contribution in [0, 0.1) is 6.92 Å². The van der Waals surface area contributed by atoms with E-state index in [-0.39, 0.29) is 5.56 Å². The Hall–Kier alpha value is -2.66. The summed E-state index contributed by atoms with van der Waals surface area (Å²) in [6.07, 6.45) is 1.98. The molecule has 0 fully saturated rings. The molecule has 3 rings (SSSR count). The topological polar surface area (TPSA) is 57.8 Å². The van der Waals surface area contributed by atoms with Gasteiger partial charge in [0.15, 0.2) is 0 Å². The number of hydrogen-bond donors (Lipinski definition) is 1. The summed E-state index contributed by atoms with van der Waals surface area (Å²) in [7, 11) is 0. The number of nitrogens with zero attached hydrogens (tertiary/aromatic N) is 3. The summed E-state index contributed by atoms with van der Waals surface area (Å²) in [6, 6.07) is 15.3. The zero-order chi connectivity index (χ0) is 17.8. The van der Waals surface area contributed by atoms with Crippen molar-refractivity contribution in [2.24, 2.45) is 0 Å². The number of hydrogen-bond acceptors (Lipinski definition) is 4. The van der Waals surface area contributed by atoms with Gasteiger partial charge in [-0.15, -0.1) is 0 Å². The zero-order valence-electron chi connectivity index (χ0n) is 14.6. The van der Waals surface area contributed by atoms with Crippen LogP contribution in [0.25, 0.3) is 5.65 Å². The average molecular weight is 337 g/mol. The largest absolute Gasteiger partial charge is 0.391 e. The predicted octanol–water partition coefficient (Wildman–Crippen LogP) is 2.78. The van der Waals surface area contributed by atoms with E-state index >= 15 is 0 Å². The molecule has 3 aromatic rings. The molecule has 1 N–H and O–H groups in total. The Bertz CT molecular complexity index is 906. The third-order valence-electron chi connectivity index (χ3n) is 4.32. The maximum absolute atomic E-state index is 12.4. The summed E-state index contributed by atoms with van der Waals surface area (Å²) in [6.45, 7) is 4.87. The quantitative estimate of drug-likeness (QED) is 0.751. The lowest BCUT2D eigenvalue weighted by Crippen LogP contribution is -2.32. The van der Waals surface area contributed by atoms with Gasteiger partial charge in [-0.3, -0.25) is 9.20 Å². The summed E-state index contributed by atoms with van der Waals surface area (Å²) >= 11 is 0. The van der Waals surface area contributed by atoms with Gasteiger partial charge in [-0.2, -0.15) is 0 Å². The van der Waals surface area contributed by atoms with Crippen molar-refractivity contribution in [3.8, 4) is 0 Å². The molecule has 0 bridgehead atoms. The van der Waals surface area contributed by atoms with E-state index in [1.807, 2.05) is 56.3 Å². The number of fused-ring (bicyclic) bond motifs is 1. The Kier molecular flexibility index (Phi) is 5.14. The van der Waals surface area contributed by atoms with Crippen molar-refractivity contribution in [3.63, 3.8) is 0 Å². The summed E-state index contributed by atoms with van der Waals surface area (Å²) in [5, 5.41) is 10.1. The molecule has 0 radical (unpaired) electrons. The first-order valence-corrected chi connectivity index (χ1v) is 8.54. The molecule has 0 aliphatic rings. The minimum absolute atomic E-state index is 0.0900. The number of aliphatic hydroxyl groups is 1. The van der Waals surface area contributed by atoms with Crippen LogP contribution in [0.4, 0.5) is 5.69 Å². The number of pyridine rings is 1. The van der Waals surface area contributed by atoms with E-state index < -0.39 is 6.10 Å². The number of aryl methyl sites for hydroxylation is 1. The molecule has 0 saturated heterocycles. The molecule has 2 heterocycles. The number of aromatic nitrogens is 2. The molecule has 2 aromatic heterocycles. The van der Waals surface area contributed by atoms with Crippen LogP contribution in [0.5, 0.6) is 0 Å². The van der Waals surface area contributed by atoms with Gasteiger partial charge in [0.05, 0.1) is 18.3 Å². The summed E-state index contributed by atoms with van der Waals surface area (Å²) in [4.78, 5) is 19.1. The second kappa shape index (κ2) is 7.49. The van der Waals surface area contributed by atoms with E-state index in [9.17, 15) is 9.90 Å². The minimum Gasteiger partial charge on any atom is -0.391 e. The van der Waals surface area contributed by atoms with Crippen LogP contribution < -0.4 is 10.5 Å². The lowest BCUT2D eigenvalue weighted by Gasteiger charge is -2.26. The highest BCUT2D eigenvalue weighted by Gasteiger charge is 2.14. The van der Waals surface area contributed by atoms with Gasteiger partial charge < -0.3 is 10.0 Å². The van der Waals surface area contributed by atoms with Gasteiger partial charge in [-0.05, 0) is 37.1 Å². The lowest BCUT2D eigenvalue weighted by atomic mass is 10.2. The van der Waals surface area contributed by atoms with Crippen LogP contribution in [-0.4, -0.2) is 27.1 Å². The smallest absolute Gasteiger partial charge is 0.258 e. The van der Waals surface area contributed by atoms with Crippen LogP contribution in [-0.2, 0) is 6.54 Å². The van der Waals surface area contributed by atoms with Crippen molar-refractivity contribution >= 4 is 11.3 Å². The first-order chi connectivity index (χ1) is 12.1. The highest BCUT2D eigenvalue weighted by atomic mass is 16.3. The van der Waals surface area contributed by atoms with Crippen LogP contribution in [0.15, 0.2) is 59.5 Å². The van der Waals surface area contributed by atoms with Crippen molar-refractivity contribution in [1.82, 2.24) is 9.38 Å². The van der Waals surface area contributed by atoms with Crippen LogP contribution in [0.1, 0.15) is 24.6 Å². The Morgan fingerprint density at radius 1 is 1.20 bits per heavy atom. The molecule has 1 aromatic carbocycles. The van der Waals surface area contributed by atoms with Gasteiger partial charge in [0.2, 0.25) is 0 Å². The second-order valence-corrected chi connectivity index (χ2v) is 6.25. The van der Waals surface area contributed by atoms with E-state index in [1.165, 1.54) is 0 Å². The first-order valence-electron chi connectivity index (χ1n) is 8.54. The fraction of sp³-hybridized carbons (Fsp3) is 0.300. The minimum atomic E-state index is -0.427. The standard InChI is InChI=1S/C20H23N3O2/c1-3-18(24)14-22(17-9-5-4-6-10-17)13-16-12-19(25)23-11-7-8-15(2)20(23)21-16/h4-12,18,24H,3,13-14H2,1-2H3/t18-/m0/s1. The molecule has 0 aliphatic carbocycles. The average Bonchev–Trinajstić information content (AvgIpc) is 2.63. The van der Waals surface area contributed by atoms with E-state index in [0.717, 1.165) is 11.3 Å². The monoisotopic (exact) mass is 337 g/mol. The van der Waals surface area contributed by atoms with Crippen molar-refractivity contribution in [2.45, 2.75) is 32.9 Å². The number of para-hydroxylation sites is 1. The number of rotatable bonds is 6. The van der Waals surface area contributed by atoms with Gasteiger partial charge in [-0.1, -0.05) is 31.2 Å². The molecule has 5 heteroatoms. The molecule has 0 unspecified atom stereocenters. The Morgan fingerprint density at radius 2 is 1.96 bits per heavy atom. The molecule has 0 amide bonds. The SMILES string of the molecule is CC[C@H](O)CN(Cc1cc(=O)n2cccc(C)c2n1)c1ccccc1. The highest BCUT2D eigenvalue weighted by molar-refractivity contribution is 5.49. The van der Waals surface area contributed by atoms with Crippen LogP contribution in [0.2, 0.25) is 0 Å². The third kappa shape index (κ3) is 3.88. The third-order valence-corrected chi connectivity index (χ3v) is 4.32. The molecule has 25 heavy (non-hydrogen) atoms. The molecule has 5 nitrogen and oxygen atoms in total. The van der Waals surface area contributed by atoms with Crippen molar-refractivity contribution in [3.05, 3.63) is 76.3 Å². The molecule has 130 valence electrons. The fourth-order valence-electron chi connectivity index (χ4n) is 2.87. The number of anilines is 1. The number of aliphatic hydroxyl groups excluding tert-OH is 1. The highest BCUT2D eigenvalue weighted by Crippen LogP contribution is 2.17. The predicted molar refractivity (Wildman–Crippen MR) is 100.0 cm³/mol. The van der Waals surface area contributed by atoms with E-state index in [0.29, 0.717) is 30.9 Å². The van der Waals surface area contributed by atoms with Gasteiger partial charge in [0.1, 0.15) is 5.65 Å². The van der Waals surface area contributed by atoms with Gasteiger partial charge in [-0.25, -0.2) is 4.98 Å². The second-order valence-electron chi connectivity index (χ2n) is 6.25. The molecular formula is C20H23N3O2. The Balaban J connectivity index is 1.98. The Morgan fingerprint density at radius 3 is 2.68 bits per heavy atom. The molecule has 0 spiro atoms. The van der Waals surface area contributed by atoms with Gasteiger partial charge >= 0.3 is 0 Å². The fourth-order valence-corrected chi connectivity index (χ4v) is 2.87. The maximum atomic E-state index is 12.4. The number of benzene rings is 1.